The Morgan fingerprint density at radius 2 is 1.84 bits per heavy atom. The van der Waals surface area contributed by atoms with Crippen LogP contribution >= 0.6 is 0 Å². The molecule has 0 aromatic rings. The maximum absolute atomic E-state index is 11.9. The molecule has 0 radical (unpaired) electrons. The van der Waals surface area contributed by atoms with Crippen LogP contribution in [0.4, 0.5) is 0 Å². The first kappa shape index (κ1) is 24.3. The van der Waals surface area contributed by atoms with E-state index in [1.54, 1.807) is 5.57 Å². The van der Waals surface area contributed by atoms with Crippen LogP contribution in [-0.2, 0) is 9.53 Å². The van der Waals surface area contributed by atoms with E-state index in [0.717, 1.165) is 48.3 Å². The molecule has 2 nitrogen and oxygen atoms in total. The van der Waals surface area contributed by atoms with Crippen molar-refractivity contribution in [3.8, 4) is 0 Å². The van der Waals surface area contributed by atoms with E-state index in [1.165, 1.54) is 57.8 Å². The third-order valence-corrected chi connectivity index (χ3v) is 10.8. The lowest BCUT2D eigenvalue weighted by atomic mass is 9.47. The fraction of sp³-hybridized carbons (Fsp3) is 0.900. The minimum atomic E-state index is -0.0270. The van der Waals surface area contributed by atoms with Crippen molar-refractivity contribution in [2.45, 2.75) is 125 Å². The predicted molar refractivity (Wildman–Crippen MR) is 133 cm³/mol. The number of hydrogen-bond acceptors (Lipinski definition) is 2. The standard InChI is InChI=1S/C30H50O2/c1-7-28(31)32-23-15-17-29(5)22(19-23)11-12-24-26-14-13-25(21(4)10-8-9-20(2)3)30(26,6)18-16-27(24)29/h11,20-21,23-27H,7-10,12-19H2,1-6H3/t21-,23?,24?,25?,26?,27?,29+,30-/m1/s1. The van der Waals surface area contributed by atoms with Crippen LogP contribution in [0, 0.1) is 46.3 Å². The van der Waals surface area contributed by atoms with Gasteiger partial charge in [0, 0.05) is 12.8 Å². The molecular formula is C30H50O2. The molecule has 3 saturated carbocycles. The van der Waals surface area contributed by atoms with E-state index < -0.39 is 0 Å². The van der Waals surface area contributed by atoms with Gasteiger partial charge in [0.2, 0.25) is 0 Å². The Kier molecular flexibility index (Phi) is 7.19. The van der Waals surface area contributed by atoms with Gasteiger partial charge in [-0.3, -0.25) is 4.79 Å². The van der Waals surface area contributed by atoms with Crippen molar-refractivity contribution in [1.82, 2.24) is 0 Å². The van der Waals surface area contributed by atoms with Gasteiger partial charge in [0.1, 0.15) is 6.10 Å². The maximum Gasteiger partial charge on any atom is 0.305 e. The van der Waals surface area contributed by atoms with Gasteiger partial charge in [0.25, 0.3) is 0 Å². The van der Waals surface area contributed by atoms with Gasteiger partial charge in [-0.25, -0.2) is 0 Å². The Balaban J connectivity index is 1.45. The molecule has 0 bridgehead atoms. The summed E-state index contributed by atoms with van der Waals surface area (Å²) in [6.07, 6.45) is 17.8. The molecule has 0 heterocycles. The highest BCUT2D eigenvalue weighted by Crippen LogP contribution is 2.67. The Morgan fingerprint density at radius 3 is 2.56 bits per heavy atom. The van der Waals surface area contributed by atoms with E-state index in [-0.39, 0.29) is 12.1 Å². The molecule has 4 rings (SSSR count). The molecule has 3 fully saturated rings. The van der Waals surface area contributed by atoms with Gasteiger partial charge in [0.05, 0.1) is 0 Å². The average molecular weight is 443 g/mol. The number of hydrogen-bond donors (Lipinski definition) is 0. The summed E-state index contributed by atoms with van der Waals surface area (Å²) in [7, 11) is 0. The number of ether oxygens (including phenoxy) is 1. The number of allylic oxidation sites excluding steroid dienone is 1. The predicted octanol–water partition coefficient (Wildman–Crippen LogP) is 8.35. The van der Waals surface area contributed by atoms with E-state index in [4.69, 9.17) is 4.74 Å². The average Bonchev–Trinajstić information content (AvgIpc) is 3.11. The Hall–Kier alpha value is -0.790. The van der Waals surface area contributed by atoms with E-state index in [9.17, 15) is 4.79 Å². The molecule has 2 heteroatoms. The van der Waals surface area contributed by atoms with Crippen molar-refractivity contribution >= 4 is 5.97 Å². The van der Waals surface area contributed by atoms with Crippen molar-refractivity contribution in [3.63, 3.8) is 0 Å². The summed E-state index contributed by atoms with van der Waals surface area (Å²) in [6, 6.07) is 0. The molecule has 4 aliphatic carbocycles. The van der Waals surface area contributed by atoms with Crippen molar-refractivity contribution in [2.24, 2.45) is 46.3 Å². The molecule has 0 N–H and O–H groups in total. The smallest absolute Gasteiger partial charge is 0.305 e. The third-order valence-electron chi connectivity index (χ3n) is 10.8. The fourth-order valence-electron chi connectivity index (χ4n) is 9.02. The van der Waals surface area contributed by atoms with Crippen LogP contribution in [0.2, 0.25) is 0 Å². The van der Waals surface area contributed by atoms with Gasteiger partial charge in [-0.2, -0.15) is 0 Å². The first-order valence-electron chi connectivity index (χ1n) is 14.1. The Bertz CT molecular complexity index is 708. The lowest BCUT2D eigenvalue weighted by Gasteiger charge is -2.58. The monoisotopic (exact) mass is 442 g/mol. The molecule has 0 amide bonds. The van der Waals surface area contributed by atoms with Gasteiger partial charge in [-0.1, -0.05) is 72.5 Å². The maximum atomic E-state index is 11.9. The summed E-state index contributed by atoms with van der Waals surface area (Å²) in [5.41, 5.74) is 2.54. The fourth-order valence-corrected chi connectivity index (χ4v) is 9.02. The zero-order valence-corrected chi connectivity index (χ0v) is 21.9. The quantitative estimate of drug-likeness (QED) is 0.292. The molecular weight excluding hydrogens is 392 g/mol. The molecule has 32 heavy (non-hydrogen) atoms. The zero-order valence-electron chi connectivity index (χ0n) is 21.9. The summed E-state index contributed by atoms with van der Waals surface area (Å²) in [6.45, 7) is 14.5. The third kappa shape index (κ3) is 4.34. The largest absolute Gasteiger partial charge is 0.462 e. The molecule has 8 atom stereocenters. The van der Waals surface area contributed by atoms with E-state index in [2.05, 4.69) is 40.7 Å². The summed E-state index contributed by atoms with van der Waals surface area (Å²) in [5, 5.41) is 0. The van der Waals surface area contributed by atoms with Crippen molar-refractivity contribution < 1.29 is 9.53 Å². The zero-order chi connectivity index (χ0) is 23.1. The van der Waals surface area contributed by atoms with Gasteiger partial charge < -0.3 is 4.74 Å². The topological polar surface area (TPSA) is 26.3 Å². The normalized spacial score (nSPS) is 42.0. The number of rotatable bonds is 7. The number of carbonyl (C=O) groups excluding carboxylic acids is 1. The molecule has 0 aromatic heterocycles. The molecule has 182 valence electrons. The first-order chi connectivity index (χ1) is 15.2. The second kappa shape index (κ2) is 9.46. The van der Waals surface area contributed by atoms with Gasteiger partial charge in [-0.05, 0) is 91.3 Å². The number of esters is 1. The van der Waals surface area contributed by atoms with Crippen molar-refractivity contribution in [1.29, 1.82) is 0 Å². The molecule has 0 spiro atoms. The van der Waals surface area contributed by atoms with E-state index >= 15 is 0 Å². The Labute approximate surface area is 198 Å². The van der Waals surface area contributed by atoms with Crippen LogP contribution in [0.5, 0.6) is 0 Å². The van der Waals surface area contributed by atoms with Crippen LogP contribution in [0.3, 0.4) is 0 Å². The van der Waals surface area contributed by atoms with E-state index in [1.807, 2.05) is 6.92 Å². The number of carbonyl (C=O) groups is 1. The first-order valence-corrected chi connectivity index (χ1v) is 14.1. The van der Waals surface area contributed by atoms with Crippen LogP contribution in [0.15, 0.2) is 11.6 Å². The van der Waals surface area contributed by atoms with Crippen LogP contribution in [-0.4, -0.2) is 12.1 Å². The lowest BCUT2D eigenvalue weighted by molar-refractivity contribution is -0.151. The molecule has 0 saturated heterocycles. The highest BCUT2D eigenvalue weighted by atomic mass is 16.5. The van der Waals surface area contributed by atoms with Crippen LogP contribution in [0.1, 0.15) is 119 Å². The summed E-state index contributed by atoms with van der Waals surface area (Å²) >= 11 is 0. The number of fused-ring (bicyclic) bond motifs is 5. The molecule has 5 unspecified atom stereocenters. The van der Waals surface area contributed by atoms with E-state index in [0.29, 0.717) is 17.3 Å². The summed E-state index contributed by atoms with van der Waals surface area (Å²) in [4.78, 5) is 11.9. The van der Waals surface area contributed by atoms with Crippen LogP contribution in [0.25, 0.3) is 0 Å². The second-order valence-electron chi connectivity index (χ2n) is 13.0. The van der Waals surface area contributed by atoms with Gasteiger partial charge in [0.15, 0.2) is 0 Å². The molecule has 0 aromatic carbocycles. The van der Waals surface area contributed by atoms with Gasteiger partial charge >= 0.3 is 5.97 Å². The van der Waals surface area contributed by atoms with Gasteiger partial charge in [-0.15, -0.1) is 0 Å². The minimum absolute atomic E-state index is 0.0270. The lowest BCUT2D eigenvalue weighted by Crippen LogP contribution is -2.51. The SMILES string of the molecule is CCC(=O)OC1CC[C@@]2(C)C(=CCC3C4CCC([C@H](C)CCCC(C)C)[C@@]4(C)CCC32)C1. The highest BCUT2D eigenvalue weighted by molar-refractivity contribution is 5.69. The summed E-state index contributed by atoms with van der Waals surface area (Å²) < 4.78 is 5.76. The Morgan fingerprint density at radius 1 is 1.06 bits per heavy atom. The highest BCUT2D eigenvalue weighted by Gasteiger charge is 2.59. The molecule has 4 aliphatic rings. The van der Waals surface area contributed by atoms with Crippen molar-refractivity contribution in [3.05, 3.63) is 11.6 Å². The second-order valence-corrected chi connectivity index (χ2v) is 13.0. The minimum Gasteiger partial charge on any atom is -0.462 e. The molecule has 0 aliphatic heterocycles. The van der Waals surface area contributed by atoms with Crippen molar-refractivity contribution in [2.75, 3.05) is 0 Å². The van der Waals surface area contributed by atoms with Crippen LogP contribution < -0.4 is 0 Å². The summed E-state index contributed by atoms with van der Waals surface area (Å²) in [5.74, 6) is 5.28.